The van der Waals surface area contributed by atoms with E-state index in [1.165, 1.54) is 0 Å². The molecule has 3 aliphatic heterocycles. The van der Waals surface area contributed by atoms with Gasteiger partial charge in [-0.05, 0) is 91.7 Å². The van der Waals surface area contributed by atoms with E-state index in [4.69, 9.17) is 4.74 Å². The molecule has 4 heterocycles. The SMILES string of the molecule is CC1=C(N2CCC3(CC2)CCN(C(CO)c2ccc(-n4cnnn4)cc2C)CC3)COC1=O. The second-order valence-electron chi connectivity index (χ2n) is 9.66. The zero-order valence-corrected chi connectivity index (χ0v) is 19.4. The number of cyclic esters (lactones) is 1. The molecule has 3 aliphatic rings. The Morgan fingerprint density at radius 2 is 1.85 bits per heavy atom. The number of ether oxygens (including phenoxy) is 1. The molecule has 0 amide bonds. The van der Waals surface area contributed by atoms with Gasteiger partial charge in [-0.15, -0.1) is 5.10 Å². The standard InChI is InChI=1S/C24H32N6O3/c1-17-13-19(30-16-25-26-27-30)3-4-20(17)21(14-31)28-9-5-24(6-10-28)7-11-29(12-8-24)22-15-33-23(32)18(22)2/h3-4,13,16,21,31H,5-12,14-15H2,1-2H3. The van der Waals surface area contributed by atoms with Crippen molar-refractivity contribution in [1.82, 2.24) is 30.0 Å². The Kier molecular flexibility index (Phi) is 5.92. The Hall–Kier alpha value is -2.78. The number of aliphatic hydroxyl groups excluding tert-OH is 1. The molecule has 9 heteroatoms. The maximum Gasteiger partial charge on any atom is 0.335 e. The van der Waals surface area contributed by atoms with Crippen molar-refractivity contribution in [1.29, 1.82) is 0 Å². The van der Waals surface area contributed by atoms with Crippen LogP contribution < -0.4 is 0 Å². The number of aromatic nitrogens is 4. The Morgan fingerprint density at radius 3 is 2.42 bits per heavy atom. The molecule has 1 spiro atoms. The molecule has 0 radical (unpaired) electrons. The van der Waals surface area contributed by atoms with Crippen molar-refractivity contribution in [3.8, 4) is 5.69 Å². The lowest BCUT2D eigenvalue weighted by atomic mass is 9.71. The lowest BCUT2D eigenvalue weighted by molar-refractivity contribution is -0.136. The number of aryl methyl sites for hydroxylation is 1. The number of tetrazole rings is 1. The van der Waals surface area contributed by atoms with Gasteiger partial charge in [-0.1, -0.05) is 6.07 Å². The van der Waals surface area contributed by atoms with Gasteiger partial charge in [0.15, 0.2) is 0 Å². The molecule has 0 aliphatic carbocycles. The van der Waals surface area contributed by atoms with Crippen LogP contribution in [0, 0.1) is 12.3 Å². The van der Waals surface area contributed by atoms with Crippen molar-refractivity contribution in [2.75, 3.05) is 39.4 Å². The topological polar surface area (TPSA) is 96.6 Å². The highest BCUT2D eigenvalue weighted by Gasteiger charge is 2.40. The Bertz CT molecular complexity index is 1030. The predicted molar refractivity (Wildman–Crippen MR) is 121 cm³/mol. The first-order chi connectivity index (χ1) is 16.0. The molecule has 2 saturated heterocycles. The van der Waals surface area contributed by atoms with Crippen LogP contribution in [0.2, 0.25) is 0 Å². The van der Waals surface area contributed by atoms with Gasteiger partial charge < -0.3 is 14.7 Å². The number of rotatable bonds is 5. The number of piperidine rings is 2. The summed E-state index contributed by atoms with van der Waals surface area (Å²) in [5.74, 6) is -0.171. The van der Waals surface area contributed by atoms with Gasteiger partial charge in [0.25, 0.3) is 0 Å². The summed E-state index contributed by atoms with van der Waals surface area (Å²) < 4.78 is 6.85. The third kappa shape index (κ3) is 4.15. The number of benzene rings is 1. The summed E-state index contributed by atoms with van der Waals surface area (Å²) in [6.45, 7) is 8.45. The largest absolute Gasteiger partial charge is 0.456 e. The summed E-state index contributed by atoms with van der Waals surface area (Å²) in [5.41, 5.74) is 5.42. The van der Waals surface area contributed by atoms with Crippen LogP contribution in [0.25, 0.3) is 5.69 Å². The molecule has 1 atom stereocenters. The minimum Gasteiger partial charge on any atom is -0.456 e. The highest BCUT2D eigenvalue weighted by molar-refractivity contribution is 5.90. The van der Waals surface area contributed by atoms with Crippen LogP contribution in [0.1, 0.15) is 49.8 Å². The third-order valence-electron chi connectivity index (χ3n) is 7.98. The van der Waals surface area contributed by atoms with E-state index in [9.17, 15) is 9.90 Å². The third-order valence-corrected chi connectivity index (χ3v) is 7.98. The van der Waals surface area contributed by atoms with Crippen LogP contribution in [0.5, 0.6) is 0 Å². The minimum absolute atomic E-state index is 0.000171. The number of esters is 1. The molecule has 1 unspecified atom stereocenters. The number of hydrogen-bond donors (Lipinski definition) is 1. The van der Waals surface area contributed by atoms with Crippen molar-refractivity contribution < 1.29 is 14.6 Å². The second kappa shape index (κ2) is 8.87. The molecule has 5 rings (SSSR count). The number of carbonyl (C=O) groups excluding carboxylic acids is 1. The molecular weight excluding hydrogens is 420 g/mol. The van der Waals surface area contributed by atoms with E-state index in [0.29, 0.717) is 12.0 Å². The Labute approximate surface area is 194 Å². The molecule has 1 aromatic heterocycles. The fourth-order valence-corrected chi connectivity index (χ4v) is 5.72. The van der Waals surface area contributed by atoms with Crippen molar-refractivity contribution in [2.24, 2.45) is 5.41 Å². The first-order valence-electron chi connectivity index (χ1n) is 11.8. The normalized spacial score (nSPS) is 22.2. The van der Waals surface area contributed by atoms with Gasteiger partial charge in [0.1, 0.15) is 12.9 Å². The fraction of sp³-hybridized carbons (Fsp3) is 0.583. The Morgan fingerprint density at radius 1 is 1.12 bits per heavy atom. The summed E-state index contributed by atoms with van der Waals surface area (Å²) in [5, 5.41) is 21.7. The van der Waals surface area contributed by atoms with E-state index in [1.807, 2.05) is 13.0 Å². The summed E-state index contributed by atoms with van der Waals surface area (Å²) >= 11 is 0. The van der Waals surface area contributed by atoms with E-state index < -0.39 is 0 Å². The summed E-state index contributed by atoms with van der Waals surface area (Å²) in [7, 11) is 0. The molecule has 0 bridgehead atoms. The van der Waals surface area contributed by atoms with E-state index in [2.05, 4.69) is 44.4 Å². The fourth-order valence-electron chi connectivity index (χ4n) is 5.72. The van der Waals surface area contributed by atoms with Crippen LogP contribution >= 0.6 is 0 Å². The van der Waals surface area contributed by atoms with E-state index >= 15 is 0 Å². The van der Waals surface area contributed by atoms with Gasteiger partial charge in [0.05, 0.1) is 29.6 Å². The predicted octanol–water partition coefficient (Wildman–Crippen LogP) is 2.01. The second-order valence-corrected chi connectivity index (χ2v) is 9.66. The van der Waals surface area contributed by atoms with Crippen LogP contribution in [0.4, 0.5) is 0 Å². The first kappa shape index (κ1) is 22.0. The van der Waals surface area contributed by atoms with E-state index in [0.717, 1.165) is 79.9 Å². The molecule has 9 nitrogen and oxygen atoms in total. The summed E-state index contributed by atoms with van der Waals surface area (Å²) in [6.07, 6.45) is 6.17. The van der Waals surface area contributed by atoms with Crippen LogP contribution in [-0.4, -0.2) is 80.5 Å². The molecule has 176 valence electrons. The number of aliphatic hydroxyl groups is 1. The van der Waals surface area contributed by atoms with Gasteiger partial charge >= 0.3 is 5.97 Å². The van der Waals surface area contributed by atoms with Crippen molar-refractivity contribution in [3.63, 3.8) is 0 Å². The quantitative estimate of drug-likeness (QED) is 0.689. The number of carbonyl (C=O) groups is 1. The van der Waals surface area contributed by atoms with Gasteiger partial charge in [-0.25, -0.2) is 9.48 Å². The van der Waals surface area contributed by atoms with Crippen molar-refractivity contribution >= 4 is 5.97 Å². The monoisotopic (exact) mass is 452 g/mol. The first-order valence-corrected chi connectivity index (χ1v) is 11.8. The lowest BCUT2D eigenvalue weighted by Crippen LogP contribution is -2.48. The van der Waals surface area contributed by atoms with Gasteiger partial charge in [-0.3, -0.25) is 4.90 Å². The molecule has 2 fully saturated rings. The molecule has 1 aromatic carbocycles. The highest BCUT2D eigenvalue weighted by atomic mass is 16.5. The number of hydrogen-bond acceptors (Lipinski definition) is 8. The lowest BCUT2D eigenvalue weighted by Gasteiger charge is -2.49. The Balaban J connectivity index is 1.22. The van der Waals surface area contributed by atoms with Crippen LogP contribution in [0.15, 0.2) is 35.8 Å². The molecule has 33 heavy (non-hydrogen) atoms. The van der Waals surface area contributed by atoms with Crippen LogP contribution in [0.3, 0.4) is 0 Å². The number of nitrogens with zero attached hydrogens (tertiary/aromatic N) is 6. The van der Waals surface area contributed by atoms with E-state index in [1.54, 1.807) is 11.0 Å². The molecule has 1 N–H and O–H groups in total. The summed E-state index contributed by atoms with van der Waals surface area (Å²) in [6, 6.07) is 6.18. The number of likely N-dealkylation sites (tertiary alicyclic amines) is 2. The summed E-state index contributed by atoms with van der Waals surface area (Å²) in [4.78, 5) is 16.5. The average molecular weight is 453 g/mol. The maximum absolute atomic E-state index is 11.7. The smallest absolute Gasteiger partial charge is 0.335 e. The maximum atomic E-state index is 11.7. The van der Waals surface area contributed by atoms with Crippen LogP contribution in [-0.2, 0) is 9.53 Å². The van der Waals surface area contributed by atoms with Gasteiger partial charge in [0.2, 0.25) is 0 Å². The molecule has 0 saturated carbocycles. The van der Waals surface area contributed by atoms with E-state index in [-0.39, 0.29) is 18.6 Å². The zero-order valence-electron chi connectivity index (χ0n) is 19.4. The van der Waals surface area contributed by atoms with Crippen molar-refractivity contribution in [2.45, 2.75) is 45.6 Å². The van der Waals surface area contributed by atoms with Crippen molar-refractivity contribution in [3.05, 3.63) is 46.9 Å². The van der Waals surface area contributed by atoms with Gasteiger partial charge in [-0.2, -0.15) is 0 Å². The average Bonchev–Trinajstić information content (AvgIpc) is 3.48. The minimum atomic E-state index is -0.171. The molecular formula is C24H32N6O3. The molecule has 2 aromatic rings. The highest BCUT2D eigenvalue weighted by Crippen LogP contribution is 2.44. The van der Waals surface area contributed by atoms with Gasteiger partial charge in [0, 0.05) is 13.1 Å². The zero-order chi connectivity index (χ0) is 23.0.